The van der Waals surface area contributed by atoms with E-state index in [2.05, 4.69) is 10.0 Å². The Morgan fingerprint density at radius 2 is 1.54 bits per heavy atom. The summed E-state index contributed by atoms with van der Waals surface area (Å²) in [6.45, 7) is 1.85. The number of rotatable bonds is 6. The van der Waals surface area contributed by atoms with E-state index in [1.165, 1.54) is 30.3 Å². The number of halogens is 1. The lowest BCUT2D eigenvalue weighted by Gasteiger charge is -2.17. The third-order valence-electron chi connectivity index (χ3n) is 4.17. The van der Waals surface area contributed by atoms with Crippen LogP contribution in [0.15, 0.2) is 83.8 Å². The standard InChI is InChI=1S/C21H19ClN2O3S/c1-15(16-8-4-2-5-9-16)23-21(25)19-14-17(22)12-13-20(19)24-28(26,27)18-10-6-3-7-11-18/h2-15,24H,1H3,(H,23,25)/t15-/m0/s1. The Balaban J connectivity index is 1.87. The minimum absolute atomic E-state index is 0.106. The molecule has 0 aliphatic carbocycles. The zero-order valence-corrected chi connectivity index (χ0v) is 16.7. The number of sulfonamides is 1. The first-order chi connectivity index (χ1) is 13.4. The first-order valence-electron chi connectivity index (χ1n) is 8.60. The first kappa shape index (κ1) is 19.9. The fourth-order valence-corrected chi connectivity index (χ4v) is 3.97. The molecule has 1 atom stereocenters. The lowest BCUT2D eigenvalue weighted by Crippen LogP contribution is -2.28. The number of hydrogen-bond donors (Lipinski definition) is 2. The van der Waals surface area contributed by atoms with Crippen molar-refractivity contribution in [1.29, 1.82) is 0 Å². The summed E-state index contributed by atoms with van der Waals surface area (Å²) >= 11 is 6.05. The molecule has 0 spiro atoms. The number of carbonyl (C=O) groups excluding carboxylic acids is 1. The van der Waals surface area contributed by atoms with E-state index < -0.39 is 15.9 Å². The molecule has 28 heavy (non-hydrogen) atoms. The maximum Gasteiger partial charge on any atom is 0.261 e. The van der Waals surface area contributed by atoms with E-state index in [-0.39, 0.29) is 22.2 Å². The molecule has 0 heterocycles. The van der Waals surface area contributed by atoms with Gasteiger partial charge in [0.15, 0.2) is 0 Å². The molecule has 7 heteroatoms. The molecule has 3 aromatic carbocycles. The van der Waals surface area contributed by atoms with Gasteiger partial charge in [0.2, 0.25) is 0 Å². The number of carbonyl (C=O) groups is 1. The van der Waals surface area contributed by atoms with Crippen LogP contribution in [0.4, 0.5) is 5.69 Å². The highest BCUT2D eigenvalue weighted by Crippen LogP contribution is 2.24. The number of nitrogens with one attached hydrogen (secondary N) is 2. The van der Waals surface area contributed by atoms with Gasteiger partial charge >= 0.3 is 0 Å². The van der Waals surface area contributed by atoms with Crippen molar-refractivity contribution in [3.05, 3.63) is 95.0 Å². The third kappa shape index (κ3) is 4.71. The Labute approximate surface area is 169 Å². The van der Waals surface area contributed by atoms with Crippen LogP contribution in [0.1, 0.15) is 28.9 Å². The molecule has 0 bridgehead atoms. The summed E-state index contributed by atoms with van der Waals surface area (Å²) in [5.41, 5.74) is 1.24. The van der Waals surface area contributed by atoms with Crippen LogP contribution in [0.2, 0.25) is 5.02 Å². The second-order valence-electron chi connectivity index (χ2n) is 6.21. The van der Waals surface area contributed by atoms with Gasteiger partial charge in [0.25, 0.3) is 15.9 Å². The summed E-state index contributed by atoms with van der Waals surface area (Å²) in [4.78, 5) is 12.9. The van der Waals surface area contributed by atoms with E-state index in [0.717, 1.165) is 5.56 Å². The van der Waals surface area contributed by atoms with Crippen LogP contribution >= 0.6 is 11.6 Å². The molecule has 1 amide bonds. The van der Waals surface area contributed by atoms with Gasteiger partial charge in [0.05, 0.1) is 22.2 Å². The Morgan fingerprint density at radius 1 is 0.929 bits per heavy atom. The van der Waals surface area contributed by atoms with Crippen LogP contribution in [0.25, 0.3) is 0 Å². The quantitative estimate of drug-likeness (QED) is 0.617. The van der Waals surface area contributed by atoms with Crippen LogP contribution in [0.3, 0.4) is 0 Å². The van der Waals surface area contributed by atoms with Crippen molar-refractivity contribution in [2.45, 2.75) is 17.9 Å². The Kier molecular flexibility index (Phi) is 6.02. The number of benzene rings is 3. The summed E-state index contributed by atoms with van der Waals surface area (Å²) in [6.07, 6.45) is 0. The van der Waals surface area contributed by atoms with Gasteiger partial charge in [0.1, 0.15) is 0 Å². The van der Waals surface area contributed by atoms with Crippen molar-refractivity contribution in [2.24, 2.45) is 0 Å². The second-order valence-corrected chi connectivity index (χ2v) is 8.33. The van der Waals surface area contributed by atoms with Crippen LogP contribution in [0, 0.1) is 0 Å². The Hall–Kier alpha value is -2.83. The normalized spacial score (nSPS) is 12.2. The largest absolute Gasteiger partial charge is 0.345 e. The lowest BCUT2D eigenvalue weighted by atomic mass is 10.1. The molecule has 0 saturated heterocycles. The molecular formula is C21H19ClN2O3S. The number of amides is 1. The van der Waals surface area contributed by atoms with Crippen molar-refractivity contribution in [3.8, 4) is 0 Å². The molecule has 0 aromatic heterocycles. The molecule has 0 unspecified atom stereocenters. The molecule has 0 fully saturated rings. The first-order valence-corrected chi connectivity index (χ1v) is 10.5. The van der Waals surface area contributed by atoms with E-state index in [0.29, 0.717) is 5.02 Å². The molecule has 5 nitrogen and oxygen atoms in total. The summed E-state index contributed by atoms with van der Waals surface area (Å²) in [5.74, 6) is -0.426. The van der Waals surface area contributed by atoms with E-state index >= 15 is 0 Å². The summed E-state index contributed by atoms with van der Waals surface area (Å²) in [5, 5.41) is 3.21. The van der Waals surface area contributed by atoms with Crippen molar-refractivity contribution >= 4 is 33.2 Å². The van der Waals surface area contributed by atoms with Crippen LogP contribution < -0.4 is 10.0 Å². The highest BCUT2D eigenvalue weighted by molar-refractivity contribution is 7.92. The van der Waals surface area contributed by atoms with Gasteiger partial charge < -0.3 is 5.32 Å². The zero-order valence-electron chi connectivity index (χ0n) is 15.1. The summed E-state index contributed by atoms with van der Waals surface area (Å²) in [6, 6.07) is 21.6. The monoisotopic (exact) mass is 414 g/mol. The number of hydrogen-bond acceptors (Lipinski definition) is 3. The van der Waals surface area contributed by atoms with Crippen molar-refractivity contribution in [2.75, 3.05) is 4.72 Å². The molecule has 3 rings (SSSR count). The van der Waals surface area contributed by atoms with Crippen LogP contribution in [-0.4, -0.2) is 14.3 Å². The number of anilines is 1. The smallest absolute Gasteiger partial charge is 0.261 e. The second kappa shape index (κ2) is 8.46. The van der Waals surface area contributed by atoms with E-state index in [9.17, 15) is 13.2 Å². The lowest BCUT2D eigenvalue weighted by molar-refractivity contribution is 0.0941. The molecular weight excluding hydrogens is 396 g/mol. The van der Waals surface area contributed by atoms with Crippen LogP contribution in [0.5, 0.6) is 0 Å². The predicted molar refractivity (Wildman–Crippen MR) is 111 cm³/mol. The van der Waals surface area contributed by atoms with Crippen molar-refractivity contribution < 1.29 is 13.2 Å². The Bertz CT molecular complexity index is 1070. The molecule has 0 saturated carbocycles. The maximum absolute atomic E-state index is 12.8. The topological polar surface area (TPSA) is 75.3 Å². The van der Waals surface area contributed by atoms with Crippen LogP contribution in [-0.2, 0) is 10.0 Å². The highest BCUT2D eigenvalue weighted by atomic mass is 35.5. The van der Waals surface area contributed by atoms with Gasteiger partial charge in [-0.15, -0.1) is 0 Å². The highest BCUT2D eigenvalue weighted by Gasteiger charge is 2.20. The minimum Gasteiger partial charge on any atom is -0.345 e. The third-order valence-corrected chi connectivity index (χ3v) is 5.79. The molecule has 0 aliphatic heterocycles. The summed E-state index contributed by atoms with van der Waals surface area (Å²) < 4.78 is 27.7. The average molecular weight is 415 g/mol. The molecule has 0 aliphatic rings. The fourth-order valence-electron chi connectivity index (χ4n) is 2.70. The van der Waals surface area contributed by atoms with Gasteiger partial charge in [-0.3, -0.25) is 9.52 Å². The molecule has 3 aromatic rings. The zero-order chi connectivity index (χ0) is 20.1. The SMILES string of the molecule is C[C@H](NC(=O)c1cc(Cl)ccc1NS(=O)(=O)c1ccccc1)c1ccccc1. The van der Waals surface area contributed by atoms with E-state index in [4.69, 9.17) is 11.6 Å². The molecule has 2 N–H and O–H groups in total. The molecule has 144 valence electrons. The maximum atomic E-state index is 12.8. The van der Waals surface area contributed by atoms with E-state index in [1.807, 2.05) is 37.3 Å². The fraction of sp³-hybridized carbons (Fsp3) is 0.0952. The van der Waals surface area contributed by atoms with Gasteiger partial charge in [0, 0.05) is 5.02 Å². The van der Waals surface area contributed by atoms with Gasteiger partial charge in [-0.25, -0.2) is 8.42 Å². The average Bonchev–Trinajstić information content (AvgIpc) is 2.70. The van der Waals surface area contributed by atoms with Gasteiger partial charge in [-0.1, -0.05) is 60.1 Å². The minimum atomic E-state index is -3.84. The molecule has 0 radical (unpaired) electrons. The Morgan fingerprint density at radius 3 is 2.18 bits per heavy atom. The van der Waals surface area contributed by atoms with Crippen molar-refractivity contribution in [1.82, 2.24) is 5.32 Å². The predicted octanol–water partition coefficient (Wildman–Crippen LogP) is 4.63. The summed E-state index contributed by atoms with van der Waals surface area (Å²) in [7, 11) is -3.84. The van der Waals surface area contributed by atoms with Gasteiger partial charge in [-0.05, 0) is 42.8 Å². The van der Waals surface area contributed by atoms with Crippen molar-refractivity contribution in [3.63, 3.8) is 0 Å². The van der Waals surface area contributed by atoms with E-state index in [1.54, 1.807) is 18.2 Å². The van der Waals surface area contributed by atoms with Gasteiger partial charge in [-0.2, -0.15) is 0 Å².